The predicted molar refractivity (Wildman–Crippen MR) is 125 cm³/mol. The van der Waals surface area contributed by atoms with E-state index in [9.17, 15) is 4.79 Å². The van der Waals surface area contributed by atoms with Crippen LogP contribution in [0.5, 0.6) is 0 Å². The van der Waals surface area contributed by atoms with E-state index in [2.05, 4.69) is 51.6 Å². The van der Waals surface area contributed by atoms with Crippen molar-refractivity contribution in [3.05, 3.63) is 81.6 Å². The summed E-state index contributed by atoms with van der Waals surface area (Å²) in [6.07, 6.45) is 0.784. The molecule has 6 nitrogen and oxygen atoms in total. The summed E-state index contributed by atoms with van der Waals surface area (Å²) >= 11 is 7.24. The number of carbonyl (C=O) groups is 1. The summed E-state index contributed by atoms with van der Waals surface area (Å²) in [5.41, 5.74) is 6.21. The minimum atomic E-state index is -0.146. The predicted octanol–water partition coefficient (Wildman–Crippen LogP) is 5.02. The molecule has 1 amide bonds. The number of rotatable bonds is 6. The first-order chi connectivity index (χ1) is 14.9. The summed E-state index contributed by atoms with van der Waals surface area (Å²) in [4.78, 5) is 21.4. The minimum Gasteiger partial charge on any atom is -0.325 e. The molecule has 0 bridgehead atoms. The zero-order chi connectivity index (χ0) is 22.0. The first kappa shape index (κ1) is 21.3. The van der Waals surface area contributed by atoms with Gasteiger partial charge in [0.05, 0.1) is 5.75 Å². The Morgan fingerprint density at radius 2 is 1.90 bits per heavy atom. The van der Waals surface area contributed by atoms with E-state index in [0.29, 0.717) is 21.6 Å². The van der Waals surface area contributed by atoms with Crippen molar-refractivity contribution in [1.29, 1.82) is 0 Å². The summed E-state index contributed by atoms with van der Waals surface area (Å²) in [6, 6.07) is 15.5. The molecule has 4 rings (SSSR count). The van der Waals surface area contributed by atoms with Gasteiger partial charge in [0.25, 0.3) is 5.78 Å². The number of aryl methyl sites for hydroxylation is 3. The van der Waals surface area contributed by atoms with Crippen LogP contribution in [-0.2, 0) is 11.2 Å². The van der Waals surface area contributed by atoms with Crippen molar-refractivity contribution in [2.24, 2.45) is 0 Å². The number of halogens is 1. The second kappa shape index (κ2) is 9.08. The Morgan fingerprint density at radius 3 is 2.68 bits per heavy atom. The number of aromatic nitrogens is 4. The van der Waals surface area contributed by atoms with Crippen LogP contribution in [0.2, 0.25) is 5.02 Å². The van der Waals surface area contributed by atoms with Crippen molar-refractivity contribution in [3.63, 3.8) is 0 Å². The van der Waals surface area contributed by atoms with Crippen LogP contribution >= 0.6 is 23.4 Å². The normalized spacial score (nSPS) is 11.1. The molecule has 4 aromatic rings. The maximum Gasteiger partial charge on any atom is 0.253 e. The molecule has 0 spiro atoms. The molecule has 0 aliphatic carbocycles. The summed E-state index contributed by atoms with van der Waals surface area (Å²) in [7, 11) is 0. The Kier molecular flexibility index (Phi) is 6.25. The lowest BCUT2D eigenvalue weighted by atomic mass is 10.0. The molecule has 0 unspecified atom stereocenters. The molecule has 31 heavy (non-hydrogen) atoms. The highest BCUT2D eigenvalue weighted by Gasteiger charge is 2.15. The highest BCUT2D eigenvalue weighted by molar-refractivity contribution is 7.99. The average molecular weight is 452 g/mol. The number of nitrogens with zero attached hydrogens (tertiary/aromatic N) is 4. The SMILES string of the molecule is Cc1cccc(Cc2c(C)nc3nc(SCC(=O)Nc4cccc(Cl)c4)nn3c2C)c1. The smallest absolute Gasteiger partial charge is 0.253 e. The van der Waals surface area contributed by atoms with Crippen molar-refractivity contribution in [2.45, 2.75) is 32.3 Å². The van der Waals surface area contributed by atoms with E-state index in [1.54, 1.807) is 28.8 Å². The highest BCUT2D eigenvalue weighted by Crippen LogP contribution is 2.21. The molecule has 0 saturated heterocycles. The molecule has 2 aromatic carbocycles. The van der Waals surface area contributed by atoms with Crippen LogP contribution in [0.1, 0.15) is 28.1 Å². The van der Waals surface area contributed by atoms with Crippen LogP contribution < -0.4 is 5.32 Å². The zero-order valence-corrected chi connectivity index (χ0v) is 19.1. The fraction of sp³-hybridized carbons (Fsp3) is 0.217. The van der Waals surface area contributed by atoms with Gasteiger partial charge in [0.15, 0.2) is 0 Å². The van der Waals surface area contributed by atoms with Gasteiger partial charge >= 0.3 is 0 Å². The van der Waals surface area contributed by atoms with Gasteiger partial charge in [0.2, 0.25) is 11.1 Å². The molecule has 0 aliphatic heterocycles. The first-order valence-electron chi connectivity index (χ1n) is 9.85. The molecule has 2 aromatic heterocycles. The van der Waals surface area contributed by atoms with Crippen molar-refractivity contribution in [3.8, 4) is 0 Å². The van der Waals surface area contributed by atoms with Crippen LogP contribution in [0.15, 0.2) is 53.7 Å². The van der Waals surface area contributed by atoms with Crippen LogP contribution in [0.25, 0.3) is 5.78 Å². The van der Waals surface area contributed by atoms with Crippen LogP contribution in [0.3, 0.4) is 0 Å². The quantitative estimate of drug-likeness (QED) is 0.416. The number of carbonyl (C=O) groups excluding carboxylic acids is 1. The maximum atomic E-state index is 12.3. The van der Waals surface area contributed by atoms with Crippen LogP contribution in [0, 0.1) is 20.8 Å². The molecule has 0 atom stereocenters. The number of thioether (sulfide) groups is 1. The Bertz CT molecular complexity index is 1270. The third-order valence-corrected chi connectivity index (χ3v) is 6.01. The highest BCUT2D eigenvalue weighted by atomic mass is 35.5. The second-order valence-corrected chi connectivity index (χ2v) is 8.76. The van der Waals surface area contributed by atoms with E-state index in [4.69, 9.17) is 11.6 Å². The number of amides is 1. The van der Waals surface area contributed by atoms with Gasteiger partial charge in [-0.1, -0.05) is 59.3 Å². The van der Waals surface area contributed by atoms with E-state index in [1.165, 1.54) is 22.9 Å². The standard InChI is InChI=1S/C23H22ClN5OS/c1-14-6-4-7-17(10-14)11-20-15(2)25-22-27-23(28-29(22)16(20)3)31-13-21(30)26-19-9-5-8-18(24)12-19/h4-10,12H,11,13H2,1-3H3,(H,26,30). The Labute approximate surface area is 190 Å². The number of hydrogen-bond acceptors (Lipinski definition) is 5. The molecule has 2 heterocycles. The van der Waals surface area contributed by atoms with E-state index >= 15 is 0 Å². The summed E-state index contributed by atoms with van der Waals surface area (Å²) < 4.78 is 1.76. The van der Waals surface area contributed by atoms with Crippen molar-refractivity contribution in [1.82, 2.24) is 19.6 Å². The third kappa shape index (κ3) is 5.06. The van der Waals surface area contributed by atoms with Gasteiger partial charge in [0.1, 0.15) is 0 Å². The number of anilines is 1. The number of fused-ring (bicyclic) bond motifs is 1. The third-order valence-electron chi connectivity index (χ3n) is 4.93. The van der Waals surface area contributed by atoms with Crippen molar-refractivity contribution in [2.75, 3.05) is 11.1 Å². The summed E-state index contributed by atoms with van der Waals surface area (Å²) in [5.74, 6) is 0.588. The molecular formula is C23H22ClN5OS. The minimum absolute atomic E-state index is 0.146. The molecule has 0 aliphatic rings. The number of benzene rings is 2. The molecular weight excluding hydrogens is 430 g/mol. The average Bonchev–Trinajstić information content (AvgIpc) is 3.13. The number of nitrogens with one attached hydrogen (secondary N) is 1. The van der Waals surface area contributed by atoms with E-state index < -0.39 is 0 Å². The molecule has 1 N–H and O–H groups in total. The summed E-state index contributed by atoms with van der Waals surface area (Å²) in [6.45, 7) is 6.12. The lowest BCUT2D eigenvalue weighted by Gasteiger charge is -2.10. The van der Waals surface area contributed by atoms with Crippen LogP contribution in [-0.4, -0.2) is 31.2 Å². The van der Waals surface area contributed by atoms with Gasteiger partial charge in [-0.05, 0) is 50.1 Å². The molecule has 0 fully saturated rings. The zero-order valence-electron chi connectivity index (χ0n) is 17.5. The first-order valence-corrected chi connectivity index (χ1v) is 11.2. The Balaban J connectivity index is 1.50. The molecule has 0 saturated carbocycles. The van der Waals surface area contributed by atoms with Gasteiger partial charge in [-0.3, -0.25) is 4.79 Å². The maximum absolute atomic E-state index is 12.3. The lowest BCUT2D eigenvalue weighted by molar-refractivity contribution is -0.113. The van der Waals surface area contributed by atoms with Gasteiger partial charge in [0, 0.05) is 28.5 Å². The molecule has 8 heteroatoms. The summed E-state index contributed by atoms with van der Waals surface area (Å²) in [5, 5.41) is 8.49. The van der Waals surface area contributed by atoms with Gasteiger partial charge < -0.3 is 5.32 Å². The van der Waals surface area contributed by atoms with Crippen molar-refractivity contribution >= 4 is 40.7 Å². The number of hydrogen-bond donors (Lipinski definition) is 1. The fourth-order valence-electron chi connectivity index (χ4n) is 3.43. The molecule has 0 radical (unpaired) electrons. The van der Waals surface area contributed by atoms with Crippen LogP contribution in [0.4, 0.5) is 5.69 Å². The fourth-order valence-corrected chi connectivity index (χ4v) is 4.23. The second-order valence-electron chi connectivity index (χ2n) is 7.38. The Hall–Kier alpha value is -2.90. The van der Waals surface area contributed by atoms with Gasteiger partial charge in [-0.15, -0.1) is 5.10 Å². The van der Waals surface area contributed by atoms with Gasteiger partial charge in [-0.2, -0.15) is 4.98 Å². The lowest BCUT2D eigenvalue weighted by Crippen LogP contribution is -2.14. The van der Waals surface area contributed by atoms with Crippen molar-refractivity contribution < 1.29 is 4.79 Å². The molecule has 158 valence electrons. The Morgan fingerprint density at radius 1 is 1.10 bits per heavy atom. The van der Waals surface area contributed by atoms with Gasteiger partial charge in [-0.25, -0.2) is 9.50 Å². The monoisotopic (exact) mass is 451 g/mol. The van der Waals surface area contributed by atoms with E-state index in [1.807, 2.05) is 13.8 Å². The topological polar surface area (TPSA) is 72.2 Å². The van der Waals surface area contributed by atoms with E-state index in [0.717, 1.165) is 23.4 Å². The van der Waals surface area contributed by atoms with E-state index in [-0.39, 0.29) is 11.7 Å². The largest absolute Gasteiger partial charge is 0.325 e.